The van der Waals surface area contributed by atoms with Crippen molar-refractivity contribution < 1.29 is 22.8 Å². The van der Waals surface area contributed by atoms with E-state index in [1.54, 1.807) is 42.5 Å². The van der Waals surface area contributed by atoms with Gasteiger partial charge in [-0.3, -0.25) is 9.59 Å². The quantitative estimate of drug-likeness (QED) is 0.459. The van der Waals surface area contributed by atoms with Gasteiger partial charge in [0.15, 0.2) is 0 Å². The molecule has 8 heteroatoms. The number of amides is 2. The Kier molecular flexibility index (Phi) is 7.02. The molecule has 0 unspecified atom stereocenters. The first-order chi connectivity index (χ1) is 14.7. The van der Waals surface area contributed by atoms with Crippen molar-refractivity contribution in [2.45, 2.75) is 18.0 Å². The number of thioether (sulfide) groups is 1. The monoisotopic (exact) mass is 444 g/mol. The van der Waals surface area contributed by atoms with Crippen LogP contribution in [0, 0.1) is 6.92 Å². The number of anilines is 2. The summed E-state index contributed by atoms with van der Waals surface area (Å²) in [5, 5.41) is 5.28. The summed E-state index contributed by atoms with van der Waals surface area (Å²) < 4.78 is 38.4. The van der Waals surface area contributed by atoms with Crippen LogP contribution in [0.15, 0.2) is 77.7 Å². The maximum absolute atomic E-state index is 12.8. The van der Waals surface area contributed by atoms with Crippen LogP contribution in [0.2, 0.25) is 0 Å². The zero-order valence-corrected chi connectivity index (χ0v) is 17.3. The molecule has 0 atom stereocenters. The van der Waals surface area contributed by atoms with Gasteiger partial charge in [-0.2, -0.15) is 13.2 Å². The summed E-state index contributed by atoms with van der Waals surface area (Å²) in [5.74, 6) is -0.669. The van der Waals surface area contributed by atoms with Gasteiger partial charge in [0.1, 0.15) is 0 Å². The van der Waals surface area contributed by atoms with Crippen LogP contribution in [0.25, 0.3) is 0 Å². The minimum absolute atomic E-state index is 0.00548. The van der Waals surface area contributed by atoms with Crippen LogP contribution in [-0.2, 0) is 11.0 Å². The van der Waals surface area contributed by atoms with Gasteiger partial charge in [0.05, 0.1) is 11.3 Å². The predicted molar refractivity (Wildman–Crippen MR) is 116 cm³/mol. The molecular weight excluding hydrogens is 425 g/mol. The van der Waals surface area contributed by atoms with Crippen LogP contribution in [0.1, 0.15) is 21.5 Å². The van der Waals surface area contributed by atoms with Crippen molar-refractivity contribution in [2.24, 2.45) is 0 Å². The Balaban J connectivity index is 1.57. The SMILES string of the molecule is Cc1cccc(C(=O)Nc2cccc(SCC(=O)Nc3cccc(C(F)(F)F)c3)c2)c1. The van der Waals surface area contributed by atoms with Gasteiger partial charge in [-0.05, 0) is 55.5 Å². The van der Waals surface area contributed by atoms with Gasteiger partial charge in [0, 0.05) is 21.8 Å². The van der Waals surface area contributed by atoms with Crippen LogP contribution in [0.4, 0.5) is 24.5 Å². The molecule has 0 bridgehead atoms. The van der Waals surface area contributed by atoms with Crippen molar-refractivity contribution >= 4 is 35.0 Å². The average molecular weight is 444 g/mol. The average Bonchev–Trinajstić information content (AvgIpc) is 2.72. The Labute approximate surface area is 181 Å². The Bertz CT molecular complexity index is 1100. The molecular formula is C23H19F3N2O2S. The highest BCUT2D eigenvalue weighted by Gasteiger charge is 2.30. The Morgan fingerprint density at radius 1 is 0.871 bits per heavy atom. The smallest absolute Gasteiger partial charge is 0.325 e. The summed E-state index contributed by atoms with van der Waals surface area (Å²) in [6.07, 6.45) is -4.47. The highest BCUT2D eigenvalue weighted by molar-refractivity contribution is 8.00. The molecule has 4 nitrogen and oxygen atoms in total. The van der Waals surface area contributed by atoms with Crippen LogP contribution in [-0.4, -0.2) is 17.6 Å². The van der Waals surface area contributed by atoms with E-state index in [0.29, 0.717) is 11.3 Å². The fraction of sp³-hybridized carbons (Fsp3) is 0.130. The number of carbonyl (C=O) groups excluding carboxylic acids is 2. The van der Waals surface area contributed by atoms with Crippen LogP contribution in [0.5, 0.6) is 0 Å². The predicted octanol–water partition coefficient (Wildman–Crippen LogP) is 6.00. The molecule has 160 valence electrons. The molecule has 3 rings (SSSR count). The molecule has 0 heterocycles. The number of alkyl halides is 3. The maximum atomic E-state index is 12.8. The van der Waals surface area contributed by atoms with Gasteiger partial charge >= 0.3 is 6.18 Å². The van der Waals surface area contributed by atoms with Crippen LogP contribution in [0.3, 0.4) is 0 Å². The fourth-order valence-electron chi connectivity index (χ4n) is 2.77. The Morgan fingerprint density at radius 2 is 1.55 bits per heavy atom. The Morgan fingerprint density at radius 3 is 2.26 bits per heavy atom. The van der Waals surface area contributed by atoms with Crippen LogP contribution < -0.4 is 10.6 Å². The van der Waals surface area contributed by atoms with E-state index < -0.39 is 17.6 Å². The highest BCUT2D eigenvalue weighted by atomic mass is 32.2. The van der Waals surface area contributed by atoms with Crippen molar-refractivity contribution in [3.05, 3.63) is 89.5 Å². The minimum atomic E-state index is -4.47. The first kappa shape index (κ1) is 22.4. The summed E-state index contributed by atoms with van der Waals surface area (Å²) in [6, 6.07) is 18.7. The third-order valence-electron chi connectivity index (χ3n) is 4.22. The first-order valence-electron chi connectivity index (χ1n) is 9.29. The molecule has 31 heavy (non-hydrogen) atoms. The number of carbonyl (C=O) groups is 2. The lowest BCUT2D eigenvalue weighted by atomic mass is 10.1. The molecule has 0 aliphatic heterocycles. The third-order valence-corrected chi connectivity index (χ3v) is 5.21. The van der Waals surface area contributed by atoms with E-state index in [4.69, 9.17) is 0 Å². The number of halogens is 3. The summed E-state index contributed by atoms with van der Waals surface area (Å²) >= 11 is 1.21. The van der Waals surface area contributed by atoms with E-state index in [1.165, 1.54) is 23.9 Å². The first-order valence-corrected chi connectivity index (χ1v) is 10.3. The second-order valence-electron chi connectivity index (χ2n) is 6.77. The Hall–Kier alpha value is -3.26. The van der Waals surface area contributed by atoms with E-state index in [-0.39, 0.29) is 17.3 Å². The summed E-state index contributed by atoms with van der Waals surface area (Å²) in [4.78, 5) is 25.3. The van der Waals surface area contributed by atoms with E-state index in [9.17, 15) is 22.8 Å². The number of hydrogen-bond acceptors (Lipinski definition) is 3. The molecule has 0 spiro atoms. The molecule has 0 aromatic heterocycles. The minimum Gasteiger partial charge on any atom is -0.325 e. The zero-order valence-electron chi connectivity index (χ0n) is 16.5. The molecule has 2 N–H and O–H groups in total. The van der Waals surface area contributed by atoms with Gasteiger partial charge in [-0.25, -0.2) is 0 Å². The second kappa shape index (κ2) is 9.70. The maximum Gasteiger partial charge on any atom is 0.416 e. The van der Waals surface area contributed by atoms with E-state index in [1.807, 2.05) is 13.0 Å². The van der Waals surface area contributed by atoms with Gasteiger partial charge in [-0.15, -0.1) is 11.8 Å². The van der Waals surface area contributed by atoms with Crippen LogP contribution >= 0.6 is 11.8 Å². The molecule has 0 fully saturated rings. The molecule has 0 saturated carbocycles. The zero-order chi connectivity index (χ0) is 22.4. The molecule has 0 radical (unpaired) electrons. The molecule has 3 aromatic carbocycles. The van der Waals surface area contributed by atoms with Gasteiger partial charge in [0.25, 0.3) is 5.91 Å². The van der Waals surface area contributed by atoms with E-state index in [0.717, 1.165) is 22.6 Å². The van der Waals surface area contributed by atoms with E-state index >= 15 is 0 Å². The standard InChI is InChI=1S/C23H19F3N2O2S/c1-15-5-2-6-16(11-15)22(30)28-19-9-4-10-20(13-19)31-14-21(29)27-18-8-3-7-17(12-18)23(24,25)26/h2-13H,14H2,1H3,(H,27,29)(H,28,30). The lowest BCUT2D eigenvalue weighted by Gasteiger charge is -2.10. The lowest BCUT2D eigenvalue weighted by Crippen LogP contribution is -2.15. The van der Waals surface area contributed by atoms with E-state index in [2.05, 4.69) is 10.6 Å². The third kappa shape index (κ3) is 6.62. The van der Waals surface area contributed by atoms with Gasteiger partial charge in [0.2, 0.25) is 5.91 Å². The summed E-state index contributed by atoms with van der Waals surface area (Å²) in [6.45, 7) is 1.90. The summed E-state index contributed by atoms with van der Waals surface area (Å²) in [5.41, 5.74) is 1.35. The normalized spacial score (nSPS) is 11.1. The number of hydrogen-bond donors (Lipinski definition) is 2. The van der Waals surface area contributed by atoms with Crippen molar-refractivity contribution in [3.8, 4) is 0 Å². The van der Waals surface area contributed by atoms with Crippen molar-refractivity contribution in [1.82, 2.24) is 0 Å². The number of rotatable bonds is 6. The molecule has 3 aromatic rings. The topological polar surface area (TPSA) is 58.2 Å². The van der Waals surface area contributed by atoms with Crippen molar-refractivity contribution in [1.29, 1.82) is 0 Å². The summed E-state index contributed by atoms with van der Waals surface area (Å²) in [7, 11) is 0. The molecule has 0 aliphatic carbocycles. The number of benzene rings is 3. The fourth-order valence-corrected chi connectivity index (χ4v) is 3.53. The molecule has 0 saturated heterocycles. The number of aryl methyl sites for hydroxylation is 1. The molecule has 0 aliphatic rings. The largest absolute Gasteiger partial charge is 0.416 e. The highest BCUT2D eigenvalue weighted by Crippen LogP contribution is 2.30. The number of nitrogens with one attached hydrogen (secondary N) is 2. The molecule has 2 amide bonds. The van der Waals surface area contributed by atoms with Gasteiger partial charge in [-0.1, -0.05) is 29.8 Å². The van der Waals surface area contributed by atoms with Crippen molar-refractivity contribution in [3.63, 3.8) is 0 Å². The lowest BCUT2D eigenvalue weighted by molar-refractivity contribution is -0.137. The van der Waals surface area contributed by atoms with Gasteiger partial charge < -0.3 is 10.6 Å². The second-order valence-corrected chi connectivity index (χ2v) is 7.82. The van der Waals surface area contributed by atoms with Crippen molar-refractivity contribution in [2.75, 3.05) is 16.4 Å².